The van der Waals surface area contributed by atoms with Crippen molar-refractivity contribution in [3.8, 4) is 0 Å². The molecule has 2 saturated heterocycles. The summed E-state index contributed by atoms with van der Waals surface area (Å²) >= 11 is 0. The molecule has 2 heterocycles. The molecule has 2 aromatic carbocycles. The molecule has 4 rings (SSSR count). The summed E-state index contributed by atoms with van der Waals surface area (Å²) in [6.45, 7) is 4.43. The first kappa shape index (κ1) is 21.0. The van der Waals surface area contributed by atoms with E-state index in [0.29, 0.717) is 12.8 Å². The molecule has 0 unspecified atom stereocenters. The third-order valence-electron chi connectivity index (χ3n) is 6.22. The van der Waals surface area contributed by atoms with E-state index in [4.69, 9.17) is 0 Å². The van der Waals surface area contributed by atoms with Crippen LogP contribution in [-0.2, 0) is 14.8 Å². The van der Waals surface area contributed by atoms with E-state index in [9.17, 15) is 17.6 Å². The number of piperidine rings is 1. The molecule has 0 radical (unpaired) electrons. The van der Waals surface area contributed by atoms with Gasteiger partial charge >= 0.3 is 0 Å². The zero-order valence-electron chi connectivity index (χ0n) is 17.1. The first-order valence-electron chi connectivity index (χ1n) is 10.2. The number of rotatable bonds is 4. The summed E-state index contributed by atoms with van der Waals surface area (Å²) < 4.78 is 40.6. The van der Waals surface area contributed by atoms with Crippen molar-refractivity contribution in [3.05, 3.63) is 66.0 Å². The molecule has 2 fully saturated rings. The van der Waals surface area contributed by atoms with E-state index in [1.54, 1.807) is 0 Å². The zero-order valence-corrected chi connectivity index (χ0v) is 17.9. The Morgan fingerprint density at radius 3 is 2.27 bits per heavy atom. The Kier molecular flexibility index (Phi) is 5.42. The fraction of sp³-hybridized carbons (Fsp3) is 0.409. The van der Waals surface area contributed by atoms with Gasteiger partial charge in [0.25, 0.3) is 0 Å². The SMILES string of the molecule is C[C@@H]1NC2(CCN(S(=O)(=O)c3ccc(F)cc3)CC2)N([C@@H](C)c2ccccc2)C1=O. The van der Waals surface area contributed by atoms with Gasteiger partial charge in [0.1, 0.15) is 5.82 Å². The maximum absolute atomic E-state index is 13.2. The summed E-state index contributed by atoms with van der Waals surface area (Å²) in [6, 6.07) is 14.3. The third kappa shape index (κ3) is 3.53. The number of carbonyl (C=O) groups excluding carboxylic acids is 1. The first-order valence-corrected chi connectivity index (χ1v) is 11.6. The van der Waals surface area contributed by atoms with Crippen molar-refractivity contribution in [2.24, 2.45) is 0 Å². The second kappa shape index (κ2) is 7.76. The lowest BCUT2D eigenvalue weighted by molar-refractivity contribution is -0.136. The lowest BCUT2D eigenvalue weighted by Crippen LogP contribution is -2.59. The van der Waals surface area contributed by atoms with Gasteiger partial charge in [0.15, 0.2) is 0 Å². The normalized spacial score (nSPS) is 23.1. The second-order valence-electron chi connectivity index (χ2n) is 8.05. The topological polar surface area (TPSA) is 69.7 Å². The van der Waals surface area contributed by atoms with Crippen molar-refractivity contribution >= 4 is 15.9 Å². The van der Waals surface area contributed by atoms with E-state index in [1.807, 2.05) is 49.1 Å². The minimum atomic E-state index is -3.71. The van der Waals surface area contributed by atoms with Gasteiger partial charge in [0.2, 0.25) is 15.9 Å². The highest BCUT2D eigenvalue weighted by Gasteiger charge is 2.52. The Balaban J connectivity index is 1.57. The van der Waals surface area contributed by atoms with Crippen LogP contribution >= 0.6 is 0 Å². The highest BCUT2D eigenvalue weighted by atomic mass is 32.2. The van der Waals surface area contributed by atoms with Gasteiger partial charge in [0.05, 0.1) is 22.6 Å². The number of halogens is 1. The smallest absolute Gasteiger partial charge is 0.243 e. The van der Waals surface area contributed by atoms with Gasteiger partial charge in [-0.2, -0.15) is 4.31 Å². The van der Waals surface area contributed by atoms with Crippen molar-refractivity contribution < 1.29 is 17.6 Å². The highest BCUT2D eigenvalue weighted by Crippen LogP contribution is 2.39. The lowest BCUT2D eigenvalue weighted by atomic mass is 9.94. The van der Waals surface area contributed by atoms with Crippen LogP contribution < -0.4 is 5.32 Å². The lowest BCUT2D eigenvalue weighted by Gasteiger charge is -2.46. The number of amides is 1. The number of benzene rings is 2. The largest absolute Gasteiger partial charge is 0.316 e. The molecule has 8 heteroatoms. The molecular formula is C22H26FN3O3S. The van der Waals surface area contributed by atoms with Crippen LogP contribution in [-0.4, -0.2) is 48.3 Å². The van der Waals surface area contributed by atoms with Crippen LogP contribution in [0.2, 0.25) is 0 Å². The molecular weight excluding hydrogens is 405 g/mol. The number of nitrogens with zero attached hydrogens (tertiary/aromatic N) is 2. The summed E-state index contributed by atoms with van der Waals surface area (Å²) in [5.74, 6) is -0.444. The van der Waals surface area contributed by atoms with Crippen molar-refractivity contribution in [2.45, 2.75) is 49.3 Å². The van der Waals surface area contributed by atoms with Crippen molar-refractivity contribution in [3.63, 3.8) is 0 Å². The standard InChI is InChI=1S/C22H26FN3O3S/c1-16-21(27)26(17(2)18-6-4-3-5-7-18)22(24-16)12-14-25(15-13-22)30(28,29)20-10-8-19(23)9-11-20/h3-11,16-17,24H,12-15H2,1-2H3/t16-,17-/m0/s1. The van der Waals surface area contributed by atoms with E-state index < -0.39 is 21.5 Å². The summed E-state index contributed by atoms with van der Waals surface area (Å²) in [7, 11) is -3.71. The highest BCUT2D eigenvalue weighted by molar-refractivity contribution is 7.89. The molecule has 6 nitrogen and oxygen atoms in total. The van der Waals surface area contributed by atoms with Crippen molar-refractivity contribution in [2.75, 3.05) is 13.1 Å². The molecule has 30 heavy (non-hydrogen) atoms. The number of hydrogen-bond donors (Lipinski definition) is 1. The maximum atomic E-state index is 13.2. The quantitative estimate of drug-likeness (QED) is 0.808. The Morgan fingerprint density at radius 2 is 1.67 bits per heavy atom. The van der Waals surface area contributed by atoms with Gasteiger partial charge in [-0.05, 0) is 56.5 Å². The Bertz CT molecular complexity index is 1020. The first-order chi connectivity index (χ1) is 14.2. The van der Waals surface area contributed by atoms with Crippen molar-refractivity contribution in [1.82, 2.24) is 14.5 Å². The molecule has 0 bridgehead atoms. The van der Waals surface area contributed by atoms with Gasteiger partial charge in [-0.25, -0.2) is 12.8 Å². The molecule has 0 saturated carbocycles. The van der Waals surface area contributed by atoms with Crippen LogP contribution in [0.4, 0.5) is 4.39 Å². The molecule has 2 aliphatic rings. The minimum absolute atomic E-state index is 0.0289. The summed E-state index contributed by atoms with van der Waals surface area (Å²) in [5, 5.41) is 3.44. The zero-order chi connectivity index (χ0) is 21.5. The van der Waals surface area contributed by atoms with Gasteiger partial charge in [-0.15, -0.1) is 0 Å². The molecule has 2 aliphatic heterocycles. The maximum Gasteiger partial charge on any atom is 0.243 e. The van der Waals surface area contributed by atoms with Crippen molar-refractivity contribution in [1.29, 1.82) is 0 Å². The molecule has 1 spiro atoms. The third-order valence-corrected chi connectivity index (χ3v) is 8.14. The molecule has 2 atom stereocenters. The average Bonchev–Trinajstić information content (AvgIpc) is 2.98. The number of nitrogens with one attached hydrogen (secondary N) is 1. The summed E-state index contributed by atoms with van der Waals surface area (Å²) in [6.07, 6.45) is 0.974. The van der Waals surface area contributed by atoms with E-state index >= 15 is 0 Å². The molecule has 1 N–H and O–H groups in total. The fourth-order valence-corrected chi connectivity index (χ4v) is 6.07. The van der Waals surface area contributed by atoms with Gasteiger partial charge in [-0.3, -0.25) is 10.1 Å². The van der Waals surface area contributed by atoms with Crippen LogP contribution in [0.15, 0.2) is 59.5 Å². The van der Waals surface area contributed by atoms with Crippen LogP contribution in [0, 0.1) is 5.82 Å². The Labute approximate surface area is 176 Å². The summed E-state index contributed by atoms with van der Waals surface area (Å²) in [4.78, 5) is 15.0. The predicted octanol–water partition coefficient (Wildman–Crippen LogP) is 2.89. The average molecular weight is 432 g/mol. The minimum Gasteiger partial charge on any atom is -0.316 e. The van der Waals surface area contributed by atoms with Gasteiger partial charge < -0.3 is 4.90 Å². The van der Waals surface area contributed by atoms with Crippen LogP contribution in [0.25, 0.3) is 0 Å². The molecule has 0 aliphatic carbocycles. The van der Waals surface area contributed by atoms with Gasteiger partial charge in [0, 0.05) is 13.1 Å². The molecule has 1 amide bonds. The monoisotopic (exact) mass is 431 g/mol. The Hall–Kier alpha value is -2.29. The molecule has 2 aromatic rings. The number of sulfonamides is 1. The number of carbonyl (C=O) groups is 1. The van der Waals surface area contributed by atoms with Crippen LogP contribution in [0.5, 0.6) is 0 Å². The summed E-state index contributed by atoms with van der Waals surface area (Å²) in [5.41, 5.74) is 0.461. The predicted molar refractivity (Wildman–Crippen MR) is 111 cm³/mol. The number of hydrogen-bond acceptors (Lipinski definition) is 4. The molecule has 0 aromatic heterocycles. The fourth-order valence-electron chi connectivity index (χ4n) is 4.63. The van der Waals surface area contributed by atoms with Crippen LogP contribution in [0.1, 0.15) is 38.3 Å². The van der Waals surface area contributed by atoms with E-state index in [0.717, 1.165) is 17.7 Å². The molecule has 160 valence electrons. The van der Waals surface area contributed by atoms with E-state index in [1.165, 1.54) is 16.4 Å². The second-order valence-corrected chi connectivity index (χ2v) is 9.99. The van der Waals surface area contributed by atoms with E-state index in [2.05, 4.69) is 5.32 Å². The van der Waals surface area contributed by atoms with E-state index in [-0.39, 0.29) is 36.0 Å². The Morgan fingerprint density at radius 1 is 1.07 bits per heavy atom. The van der Waals surface area contributed by atoms with Gasteiger partial charge in [-0.1, -0.05) is 30.3 Å². The van der Waals surface area contributed by atoms with Crippen LogP contribution in [0.3, 0.4) is 0 Å².